The SMILES string of the molecule is C/C(=C\C(C(C)C)N(C)C(=O)C(NC(=O)C1CCCCN1C(C)C)C(C)C)C(=O)N1CCCC1. The molecule has 2 rings (SSSR count). The van der Waals surface area contributed by atoms with Crippen LogP contribution in [0.1, 0.15) is 80.6 Å². The van der Waals surface area contributed by atoms with Crippen LogP contribution in [0.4, 0.5) is 0 Å². The van der Waals surface area contributed by atoms with Crippen molar-refractivity contribution in [2.24, 2.45) is 11.8 Å². The van der Waals surface area contributed by atoms with E-state index in [1.54, 1.807) is 11.9 Å². The molecule has 34 heavy (non-hydrogen) atoms. The molecule has 0 saturated carbocycles. The molecule has 2 heterocycles. The second-order valence-corrected chi connectivity index (χ2v) is 11.1. The monoisotopic (exact) mass is 476 g/mol. The predicted octanol–water partition coefficient (Wildman–Crippen LogP) is 3.44. The topological polar surface area (TPSA) is 73.0 Å². The highest BCUT2D eigenvalue weighted by Crippen LogP contribution is 2.22. The molecule has 194 valence electrons. The van der Waals surface area contributed by atoms with Crippen LogP contribution >= 0.6 is 0 Å². The second kappa shape index (κ2) is 12.7. The zero-order valence-corrected chi connectivity index (χ0v) is 22.8. The third kappa shape index (κ3) is 7.06. The lowest BCUT2D eigenvalue weighted by Crippen LogP contribution is -2.58. The number of hydrogen-bond donors (Lipinski definition) is 1. The molecule has 2 saturated heterocycles. The molecule has 2 aliphatic heterocycles. The summed E-state index contributed by atoms with van der Waals surface area (Å²) in [6.45, 7) is 16.7. The summed E-state index contributed by atoms with van der Waals surface area (Å²) in [4.78, 5) is 45.6. The van der Waals surface area contributed by atoms with Crippen LogP contribution in [0, 0.1) is 11.8 Å². The van der Waals surface area contributed by atoms with Gasteiger partial charge < -0.3 is 15.1 Å². The molecule has 0 aliphatic carbocycles. The van der Waals surface area contributed by atoms with E-state index < -0.39 is 6.04 Å². The zero-order valence-electron chi connectivity index (χ0n) is 22.8. The number of amides is 3. The molecule has 0 radical (unpaired) electrons. The third-order valence-electron chi connectivity index (χ3n) is 7.37. The highest BCUT2D eigenvalue weighted by molar-refractivity contribution is 5.93. The predicted molar refractivity (Wildman–Crippen MR) is 137 cm³/mol. The van der Waals surface area contributed by atoms with Crippen LogP contribution in [-0.2, 0) is 14.4 Å². The lowest BCUT2D eigenvalue weighted by atomic mass is 9.95. The Morgan fingerprint density at radius 3 is 2.03 bits per heavy atom. The Hall–Kier alpha value is -1.89. The minimum Gasteiger partial charge on any atom is -0.343 e. The van der Waals surface area contributed by atoms with Gasteiger partial charge in [0.25, 0.3) is 0 Å². The molecule has 0 aromatic heterocycles. The van der Waals surface area contributed by atoms with E-state index in [-0.39, 0.29) is 41.6 Å². The van der Waals surface area contributed by atoms with Crippen molar-refractivity contribution in [3.8, 4) is 0 Å². The van der Waals surface area contributed by atoms with Crippen molar-refractivity contribution in [2.75, 3.05) is 26.7 Å². The summed E-state index contributed by atoms with van der Waals surface area (Å²) in [5, 5.41) is 3.10. The summed E-state index contributed by atoms with van der Waals surface area (Å²) < 4.78 is 0. The molecule has 0 aromatic carbocycles. The van der Waals surface area contributed by atoms with E-state index in [0.717, 1.165) is 51.7 Å². The molecular formula is C27H48N4O3. The maximum Gasteiger partial charge on any atom is 0.249 e. The van der Waals surface area contributed by atoms with E-state index in [2.05, 4.69) is 37.9 Å². The summed E-state index contributed by atoms with van der Waals surface area (Å²) in [5.41, 5.74) is 0.681. The summed E-state index contributed by atoms with van der Waals surface area (Å²) in [7, 11) is 1.79. The molecule has 7 nitrogen and oxygen atoms in total. The van der Waals surface area contributed by atoms with Gasteiger partial charge in [-0.2, -0.15) is 0 Å². The first-order chi connectivity index (χ1) is 16.0. The van der Waals surface area contributed by atoms with Crippen molar-refractivity contribution in [1.29, 1.82) is 0 Å². The Morgan fingerprint density at radius 2 is 1.50 bits per heavy atom. The van der Waals surface area contributed by atoms with Crippen LogP contribution in [0.2, 0.25) is 0 Å². The van der Waals surface area contributed by atoms with Crippen LogP contribution in [0.25, 0.3) is 0 Å². The number of likely N-dealkylation sites (N-methyl/N-ethyl adjacent to an activating group) is 1. The van der Waals surface area contributed by atoms with E-state index in [1.807, 2.05) is 31.7 Å². The first kappa shape index (κ1) is 28.3. The first-order valence-electron chi connectivity index (χ1n) is 13.3. The number of likely N-dealkylation sites (tertiary alicyclic amines) is 2. The van der Waals surface area contributed by atoms with Crippen molar-refractivity contribution in [2.45, 2.75) is 105 Å². The second-order valence-electron chi connectivity index (χ2n) is 11.1. The maximum atomic E-state index is 13.6. The molecule has 3 amide bonds. The molecular weight excluding hydrogens is 428 g/mol. The number of nitrogens with one attached hydrogen (secondary N) is 1. The van der Waals surface area contributed by atoms with Gasteiger partial charge in [0, 0.05) is 31.8 Å². The number of hydrogen-bond acceptors (Lipinski definition) is 4. The van der Waals surface area contributed by atoms with Crippen molar-refractivity contribution in [3.63, 3.8) is 0 Å². The highest BCUT2D eigenvalue weighted by Gasteiger charge is 2.36. The quantitative estimate of drug-likeness (QED) is 0.518. The number of nitrogens with zero attached hydrogens (tertiary/aromatic N) is 3. The van der Waals surface area contributed by atoms with Crippen LogP contribution in [0.3, 0.4) is 0 Å². The highest BCUT2D eigenvalue weighted by atomic mass is 16.2. The summed E-state index contributed by atoms with van der Waals surface area (Å²) in [6.07, 6.45) is 7.01. The number of rotatable bonds is 9. The molecule has 3 atom stereocenters. The number of carbonyl (C=O) groups excluding carboxylic acids is 3. The maximum absolute atomic E-state index is 13.6. The summed E-state index contributed by atoms with van der Waals surface area (Å²) in [6, 6.07) is -0.718. The summed E-state index contributed by atoms with van der Waals surface area (Å²) >= 11 is 0. The Labute approximate surface area is 207 Å². The van der Waals surface area contributed by atoms with Crippen molar-refractivity contribution in [1.82, 2.24) is 20.0 Å². The normalized spacial score (nSPS) is 21.8. The first-order valence-corrected chi connectivity index (χ1v) is 13.3. The van der Waals surface area contributed by atoms with Gasteiger partial charge in [-0.3, -0.25) is 19.3 Å². The van der Waals surface area contributed by atoms with Gasteiger partial charge in [-0.25, -0.2) is 0 Å². The Kier molecular flexibility index (Phi) is 10.6. The fourth-order valence-electron chi connectivity index (χ4n) is 5.23. The number of carbonyl (C=O) groups is 3. The van der Waals surface area contributed by atoms with Gasteiger partial charge in [0.2, 0.25) is 17.7 Å². The minimum absolute atomic E-state index is 0.0425. The van der Waals surface area contributed by atoms with E-state index in [0.29, 0.717) is 11.6 Å². The average Bonchev–Trinajstić information content (AvgIpc) is 3.33. The van der Waals surface area contributed by atoms with Crippen molar-refractivity contribution >= 4 is 17.7 Å². The zero-order chi connectivity index (χ0) is 25.6. The van der Waals surface area contributed by atoms with Crippen LogP contribution in [0.15, 0.2) is 11.6 Å². The average molecular weight is 477 g/mol. The molecule has 0 bridgehead atoms. The van der Waals surface area contributed by atoms with Gasteiger partial charge >= 0.3 is 0 Å². The Bertz CT molecular complexity index is 740. The standard InChI is InChI=1S/C27H48N4O3/c1-18(2)23(17-21(7)26(33)30-14-11-12-15-30)29(8)27(34)24(19(3)4)28-25(32)22-13-9-10-16-31(22)20(5)6/h17-20,22-24H,9-16H2,1-8H3,(H,28,32)/b21-17+. The van der Waals surface area contributed by atoms with Crippen LogP contribution in [0.5, 0.6) is 0 Å². The molecule has 2 aliphatic rings. The van der Waals surface area contributed by atoms with Crippen LogP contribution in [-0.4, -0.2) is 83.3 Å². The van der Waals surface area contributed by atoms with Gasteiger partial charge in [-0.15, -0.1) is 0 Å². The van der Waals surface area contributed by atoms with Gasteiger partial charge in [-0.05, 0) is 64.8 Å². The summed E-state index contributed by atoms with van der Waals surface area (Å²) in [5.74, 6) is -0.00558. The smallest absolute Gasteiger partial charge is 0.249 e. The van der Waals surface area contributed by atoms with E-state index >= 15 is 0 Å². The van der Waals surface area contributed by atoms with Crippen molar-refractivity contribution < 1.29 is 14.4 Å². The van der Waals surface area contributed by atoms with Gasteiger partial charge in [0.15, 0.2) is 0 Å². The van der Waals surface area contributed by atoms with Crippen molar-refractivity contribution in [3.05, 3.63) is 11.6 Å². The van der Waals surface area contributed by atoms with Gasteiger partial charge in [0.05, 0.1) is 12.1 Å². The molecule has 0 aromatic rings. The Balaban J connectivity index is 2.17. The van der Waals surface area contributed by atoms with Gasteiger partial charge in [-0.1, -0.05) is 40.2 Å². The fourth-order valence-corrected chi connectivity index (χ4v) is 5.23. The lowest BCUT2D eigenvalue weighted by molar-refractivity contribution is -0.140. The number of piperidine rings is 1. The van der Waals surface area contributed by atoms with E-state index in [1.165, 1.54) is 0 Å². The molecule has 1 N–H and O–H groups in total. The largest absolute Gasteiger partial charge is 0.343 e. The Morgan fingerprint density at radius 1 is 0.912 bits per heavy atom. The molecule has 2 fully saturated rings. The van der Waals surface area contributed by atoms with Crippen LogP contribution < -0.4 is 5.32 Å². The van der Waals surface area contributed by atoms with Gasteiger partial charge in [0.1, 0.15) is 6.04 Å². The fraction of sp³-hybridized carbons (Fsp3) is 0.815. The molecule has 7 heteroatoms. The molecule has 3 unspecified atom stereocenters. The minimum atomic E-state index is -0.599. The van der Waals surface area contributed by atoms with E-state index in [9.17, 15) is 14.4 Å². The molecule has 0 spiro atoms. The lowest BCUT2D eigenvalue weighted by Gasteiger charge is -2.39. The van der Waals surface area contributed by atoms with E-state index in [4.69, 9.17) is 0 Å². The third-order valence-corrected chi connectivity index (χ3v) is 7.37.